The van der Waals surface area contributed by atoms with Crippen molar-refractivity contribution in [2.24, 2.45) is 0 Å². The third-order valence-electron chi connectivity index (χ3n) is 3.90. The van der Waals surface area contributed by atoms with E-state index in [0.29, 0.717) is 11.0 Å². The molecule has 0 fully saturated rings. The second-order valence-electron chi connectivity index (χ2n) is 7.37. The number of carbonyl (C=O) groups is 1. The van der Waals surface area contributed by atoms with Crippen LogP contribution >= 0.6 is 11.8 Å². The standard InChI is InChI=1S/C20H24N4O2S/c1-13-16(11-12-26-13)17-22-23-19(24(17)15-9-7-6-8-10-15)27-14(2)18(25)21-20(3,4)5/h6-12,14H,1-5H3,(H,21,25). The van der Waals surface area contributed by atoms with E-state index >= 15 is 0 Å². The third kappa shape index (κ3) is 4.42. The number of thioether (sulfide) groups is 1. The first-order valence-electron chi connectivity index (χ1n) is 8.80. The van der Waals surface area contributed by atoms with Crippen molar-refractivity contribution in [3.8, 4) is 17.1 Å². The van der Waals surface area contributed by atoms with Crippen LogP contribution in [0.5, 0.6) is 0 Å². The van der Waals surface area contributed by atoms with Crippen LogP contribution in [0.3, 0.4) is 0 Å². The topological polar surface area (TPSA) is 72.9 Å². The van der Waals surface area contributed by atoms with Crippen LogP contribution in [-0.2, 0) is 4.79 Å². The normalized spacial score (nSPS) is 12.8. The smallest absolute Gasteiger partial charge is 0.233 e. The summed E-state index contributed by atoms with van der Waals surface area (Å²) in [6.45, 7) is 9.67. The van der Waals surface area contributed by atoms with Gasteiger partial charge in [-0.3, -0.25) is 9.36 Å². The monoisotopic (exact) mass is 384 g/mol. The van der Waals surface area contributed by atoms with E-state index in [1.807, 2.05) is 75.6 Å². The van der Waals surface area contributed by atoms with Gasteiger partial charge in [0.15, 0.2) is 11.0 Å². The number of nitrogens with zero attached hydrogens (tertiary/aromatic N) is 3. The quantitative estimate of drug-likeness (QED) is 0.667. The number of nitrogens with one attached hydrogen (secondary N) is 1. The number of hydrogen-bond acceptors (Lipinski definition) is 5. The Bertz CT molecular complexity index is 925. The molecule has 0 radical (unpaired) electrons. The highest BCUT2D eigenvalue weighted by molar-refractivity contribution is 8.00. The van der Waals surface area contributed by atoms with E-state index in [1.54, 1.807) is 6.26 Å². The maximum Gasteiger partial charge on any atom is 0.233 e. The molecular weight excluding hydrogens is 360 g/mol. The van der Waals surface area contributed by atoms with Gasteiger partial charge in [0.05, 0.1) is 17.1 Å². The van der Waals surface area contributed by atoms with E-state index in [2.05, 4.69) is 15.5 Å². The van der Waals surface area contributed by atoms with Gasteiger partial charge in [-0.25, -0.2) is 0 Å². The second kappa shape index (κ2) is 7.60. The lowest BCUT2D eigenvalue weighted by Gasteiger charge is -2.23. The summed E-state index contributed by atoms with van der Waals surface area (Å²) in [7, 11) is 0. The average Bonchev–Trinajstić information content (AvgIpc) is 3.20. The van der Waals surface area contributed by atoms with Gasteiger partial charge in [0.2, 0.25) is 5.91 Å². The number of amides is 1. The van der Waals surface area contributed by atoms with Crippen molar-refractivity contribution < 1.29 is 9.21 Å². The first-order chi connectivity index (χ1) is 12.8. The largest absolute Gasteiger partial charge is 0.469 e. The molecule has 3 rings (SSSR count). The molecule has 7 heteroatoms. The van der Waals surface area contributed by atoms with Gasteiger partial charge in [-0.05, 0) is 52.8 Å². The molecule has 0 spiro atoms. The molecule has 1 N–H and O–H groups in total. The third-order valence-corrected chi connectivity index (χ3v) is 4.94. The number of carbonyl (C=O) groups excluding carboxylic acids is 1. The van der Waals surface area contributed by atoms with Gasteiger partial charge in [-0.2, -0.15) is 0 Å². The Morgan fingerprint density at radius 1 is 1.19 bits per heavy atom. The molecule has 2 aromatic heterocycles. The van der Waals surface area contributed by atoms with Crippen LogP contribution < -0.4 is 5.32 Å². The van der Waals surface area contributed by atoms with Gasteiger partial charge in [0, 0.05) is 11.2 Å². The number of furan rings is 1. The van der Waals surface area contributed by atoms with Gasteiger partial charge < -0.3 is 9.73 Å². The van der Waals surface area contributed by atoms with Crippen molar-refractivity contribution in [2.45, 2.75) is 50.6 Å². The summed E-state index contributed by atoms with van der Waals surface area (Å²) in [4.78, 5) is 12.5. The van der Waals surface area contributed by atoms with Crippen LogP contribution in [-0.4, -0.2) is 31.5 Å². The summed E-state index contributed by atoms with van der Waals surface area (Å²) in [5.74, 6) is 1.43. The minimum atomic E-state index is -0.311. The van der Waals surface area contributed by atoms with Gasteiger partial charge in [-0.1, -0.05) is 30.0 Å². The molecule has 0 saturated carbocycles. The molecule has 1 aromatic carbocycles. The zero-order chi connectivity index (χ0) is 19.6. The molecule has 3 aromatic rings. The van der Waals surface area contributed by atoms with E-state index in [1.165, 1.54) is 11.8 Å². The zero-order valence-electron chi connectivity index (χ0n) is 16.2. The predicted octanol–water partition coefficient (Wildman–Crippen LogP) is 4.23. The summed E-state index contributed by atoms with van der Waals surface area (Å²) in [6.07, 6.45) is 1.64. The highest BCUT2D eigenvalue weighted by atomic mass is 32.2. The fourth-order valence-electron chi connectivity index (χ4n) is 2.63. The molecule has 0 saturated heterocycles. The summed E-state index contributed by atoms with van der Waals surface area (Å²) in [5, 5.41) is 12.1. The van der Waals surface area contributed by atoms with Crippen molar-refractivity contribution in [1.29, 1.82) is 0 Å². The first kappa shape index (κ1) is 19.2. The van der Waals surface area contributed by atoms with Gasteiger partial charge in [0.1, 0.15) is 5.76 Å². The van der Waals surface area contributed by atoms with E-state index < -0.39 is 0 Å². The van der Waals surface area contributed by atoms with Crippen molar-refractivity contribution in [1.82, 2.24) is 20.1 Å². The molecule has 1 amide bonds. The Hall–Kier alpha value is -2.54. The summed E-state index contributed by atoms with van der Waals surface area (Å²) in [6, 6.07) is 11.8. The van der Waals surface area contributed by atoms with Crippen molar-refractivity contribution in [3.05, 3.63) is 48.4 Å². The molecule has 0 aliphatic rings. The Morgan fingerprint density at radius 2 is 1.89 bits per heavy atom. The van der Waals surface area contributed by atoms with E-state index in [-0.39, 0.29) is 16.7 Å². The lowest BCUT2D eigenvalue weighted by molar-refractivity contribution is -0.121. The molecule has 0 aliphatic carbocycles. The number of aromatic nitrogens is 3. The van der Waals surface area contributed by atoms with Gasteiger partial charge in [0.25, 0.3) is 0 Å². The average molecular weight is 385 g/mol. The molecule has 1 unspecified atom stereocenters. The molecule has 1 atom stereocenters. The minimum Gasteiger partial charge on any atom is -0.469 e. The number of rotatable bonds is 5. The van der Waals surface area contributed by atoms with Crippen molar-refractivity contribution in [2.75, 3.05) is 0 Å². The highest BCUT2D eigenvalue weighted by Crippen LogP contribution is 2.31. The minimum absolute atomic E-state index is 0.0313. The fourth-order valence-corrected chi connectivity index (χ4v) is 3.50. The molecular formula is C20H24N4O2S. The van der Waals surface area contributed by atoms with Gasteiger partial charge in [-0.15, -0.1) is 10.2 Å². The lowest BCUT2D eigenvalue weighted by atomic mass is 10.1. The molecule has 27 heavy (non-hydrogen) atoms. The van der Waals surface area contributed by atoms with E-state index in [4.69, 9.17) is 4.42 Å². The Labute approximate surface area is 163 Å². The maximum absolute atomic E-state index is 12.5. The van der Waals surface area contributed by atoms with Crippen LogP contribution in [0, 0.1) is 6.92 Å². The summed E-state index contributed by atoms with van der Waals surface area (Å²) in [5.41, 5.74) is 1.53. The van der Waals surface area contributed by atoms with Crippen LogP contribution in [0.2, 0.25) is 0 Å². The maximum atomic E-state index is 12.5. The molecule has 2 heterocycles. The van der Waals surface area contributed by atoms with Crippen molar-refractivity contribution >= 4 is 17.7 Å². The molecule has 0 aliphatic heterocycles. The Balaban J connectivity index is 1.98. The predicted molar refractivity (Wildman–Crippen MR) is 107 cm³/mol. The summed E-state index contributed by atoms with van der Waals surface area (Å²) < 4.78 is 7.40. The van der Waals surface area contributed by atoms with Gasteiger partial charge >= 0.3 is 0 Å². The van der Waals surface area contributed by atoms with Crippen LogP contribution in [0.15, 0.2) is 52.2 Å². The lowest BCUT2D eigenvalue weighted by Crippen LogP contribution is -2.44. The molecule has 6 nitrogen and oxygen atoms in total. The molecule has 142 valence electrons. The second-order valence-corrected chi connectivity index (χ2v) is 8.67. The van der Waals surface area contributed by atoms with Crippen molar-refractivity contribution in [3.63, 3.8) is 0 Å². The first-order valence-corrected chi connectivity index (χ1v) is 9.68. The number of aryl methyl sites for hydroxylation is 1. The highest BCUT2D eigenvalue weighted by Gasteiger charge is 2.25. The fraction of sp³-hybridized carbons (Fsp3) is 0.350. The zero-order valence-corrected chi connectivity index (χ0v) is 17.0. The number of benzene rings is 1. The number of hydrogen-bond donors (Lipinski definition) is 1. The Kier molecular flexibility index (Phi) is 5.41. The van der Waals surface area contributed by atoms with Crippen LogP contribution in [0.1, 0.15) is 33.5 Å². The van der Waals surface area contributed by atoms with Crippen LogP contribution in [0.4, 0.5) is 0 Å². The van der Waals surface area contributed by atoms with Crippen LogP contribution in [0.25, 0.3) is 17.1 Å². The Morgan fingerprint density at radius 3 is 2.48 bits per heavy atom. The van der Waals surface area contributed by atoms with E-state index in [9.17, 15) is 4.79 Å². The van der Waals surface area contributed by atoms with E-state index in [0.717, 1.165) is 17.0 Å². The SMILES string of the molecule is Cc1occc1-c1nnc(SC(C)C(=O)NC(C)(C)C)n1-c1ccccc1. The summed E-state index contributed by atoms with van der Waals surface area (Å²) >= 11 is 1.38. The molecule has 0 bridgehead atoms. The number of para-hydroxylation sites is 1.